The predicted octanol–water partition coefficient (Wildman–Crippen LogP) is 3.90. The zero-order valence-corrected chi connectivity index (χ0v) is 11.5. The lowest BCUT2D eigenvalue weighted by atomic mass is 9.95. The highest BCUT2D eigenvalue weighted by Crippen LogP contribution is 2.40. The Morgan fingerprint density at radius 2 is 1.68 bits per heavy atom. The molecule has 3 rings (SSSR count). The molecule has 0 spiro atoms. The Labute approximate surface area is 117 Å². The van der Waals surface area contributed by atoms with Crippen molar-refractivity contribution in [3.05, 3.63) is 60.2 Å². The van der Waals surface area contributed by atoms with Gasteiger partial charge in [0.15, 0.2) is 0 Å². The van der Waals surface area contributed by atoms with Crippen molar-refractivity contribution >= 4 is 23.4 Å². The standard InChI is InChI=1S/C16H15NOS/c1-11-15(12-7-3-2-4-8-12)16(18)17-13-9-5-6-10-14(13)19-11/h2-11,15H,1H3,(H,17,18)/t11-,15-/m1/s1. The summed E-state index contributed by atoms with van der Waals surface area (Å²) in [5.74, 6) is -0.0326. The second-order valence-corrected chi connectivity index (χ2v) is 6.12. The molecule has 2 aromatic rings. The summed E-state index contributed by atoms with van der Waals surface area (Å²) in [5, 5.41) is 3.26. The van der Waals surface area contributed by atoms with Crippen LogP contribution in [0.1, 0.15) is 18.4 Å². The van der Waals surface area contributed by atoms with E-state index in [0.29, 0.717) is 0 Å². The molecule has 2 nitrogen and oxygen atoms in total. The van der Waals surface area contributed by atoms with Gasteiger partial charge in [-0.3, -0.25) is 4.79 Å². The van der Waals surface area contributed by atoms with Crippen molar-refractivity contribution in [2.45, 2.75) is 23.0 Å². The van der Waals surface area contributed by atoms with Crippen LogP contribution in [0.3, 0.4) is 0 Å². The highest BCUT2D eigenvalue weighted by molar-refractivity contribution is 8.00. The predicted molar refractivity (Wildman–Crippen MR) is 79.6 cm³/mol. The van der Waals surface area contributed by atoms with E-state index in [4.69, 9.17) is 0 Å². The van der Waals surface area contributed by atoms with Gasteiger partial charge in [-0.25, -0.2) is 0 Å². The normalized spacial score (nSPS) is 22.3. The molecule has 0 aliphatic carbocycles. The Balaban J connectivity index is 1.99. The molecule has 0 saturated heterocycles. The van der Waals surface area contributed by atoms with Crippen LogP contribution in [-0.4, -0.2) is 11.2 Å². The zero-order valence-electron chi connectivity index (χ0n) is 10.7. The number of carbonyl (C=O) groups excluding carboxylic acids is 1. The van der Waals surface area contributed by atoms with Crippen LogP contribution in [-0.2, 0) is 4.79 Å². The molecule has 1 amide bonds. The molecule has 1 N–H and O–H groups in total. The van der Waals surface area contributed by atoms with E-state index in [1.165, 1.54) is 0 Å². The van der Waals surface area contributed by atoms with E-state index >= 15 is 0 Å². The van der Waals surface area contributed by atoms with Crippen LogP contribution in [0.5, 0.6) is 0 Å². The van der Waals surface area contributed by atoms with Crippen LogP contribution < -0.4 is 5.32 Å². The van der Waals surface area contributed by atoms with E-state index in [1.807, 2.05) is 48.5 Å². The Hall–Kier alpha value is -1.74. The van der Waals surface area contributed by atoms with Gasteiger partial charge in [-0.1, -0.05) is 49.4 Å². The summed E-state index contributed by atoms with van der Waals surface area (Å²) in [6.07, 6.45) is 0. The van der Waals surface area contributed by atoms with Gasteiger partial charge < -0.3 is 5.32 Å². The first-order chi connectivity index (χ1) is 9.25. The van der Waals surface area contributed by atoms with Crippen molar-refractivity contribution in [2.24, 2.45) is 0 Å². The van der Waals surface area contributed by atoms with Gasteiger partial charge in [-0.15, -0.1) is 11.8 Å². The van der Waals surface area contributed by atoms with Crippen molar-refractivity contribution < 1.29 is 4.79 Å². The minimum Gasteiger partial charge on any atom is -0.325 e. The maximum absolute atomic E-state index is 12.5. The molecule has 96 valence electrons. The first-order valence-electron chi connectivity index (χ1n) is 6.37. The van der Waals surface area contributed by atoms with Crippen LogP contribution in [0.15, 0.2) is 59.5 Å². The van der Waals surface area contributed by atoms with Gasteiger partial charge in [-0.2, -0.15) is 0 Å². The van der Waals surface area contributed by atoms with Gasteiger partial charge in [0.2, 0.25) is 5.91 Å². The van der Waals surface area contributed by atoms with E-state index in [2.05, 4.69) is 18.3 Å². The van der Waals surface area contributed by atoms with Crippen molar-refractivity contribution in [1.82, 2.24) is 0 Å². The van der Waals surface area contributed by atoms with Gasteiger partial charge in [0.1, 0.15) is 0 Å². The number of nitrogens with one attached hydrogen (secondary N) is 1. The number of anilines is 1. The average molecular weight is 269 g/mol. The molecule has 0 unspecified atom stereocenters. The monoisotopic (exact) mass is 269 g/mol. The third-order valence-corrected chi connectivity index (χ3v) is 4.62. The van der Waals surface area contributed by atoms with Crippen molar-refractivity contribution in [2.75, 3.05) is 5.32 Å². The molecule has 3 heteroatoms. The number of hydrogen-bond donors (Lipinski definition) is 1. The molecule has 0 saturated carbocycles. The Kier molecular flexibility index (Phi) is 3.30. The molecular formula is C16H15NOS. The highest BCUT2D eigenvalue weighted by atomic mass is 32.2. The lowest BCUT2D eigenvalue weighted by Gasteiger charge is -2.19. The van der Waals surface area contributed by atoms with Gasteiger partial charge in [0, 0.05) is 10.1 Å². The van der Waals surface area contributed by atoms with Crippen LogP contribution in [0.2, 0.25) is 0 Å². The van der Waals surface area contributed by atoms with E-state index in [-0.39, 0.29) is 17.1 Å². The molecule has 1 heterocycles. The summed E-state index contributed by atoms with van der Waals surface area (Å²) >= 11 is 1.76. The summed E-state index contributed by atoms with van der Waals surface area (Å²) in [4.78, 5) is 13.6. The maximum Gasteiger partial charge on any atom is 0.233 e. The SMILES string of the molecule is C[C@H]1Sc2ccccc2NC(=O)[C@H]1c1ccccc1. The molecular weight excluding hydrogens is 254 g/mol. The fourth-order valence-corrected chi connectivity index (χ4v) is 3.67. The van der Waals surface area contributed by atoms with Gasteiger partial charge >= 0.3 is 0 Å². The van der Waals surface area contributed by atoms with Crippen LogP contribution >= 0.6 is 11.8 Å². The second-order valence-electron chi connectivity index (χ2n) is 4.70. The fourth-order valence-electron chi connectivity index (χ4n) is 2.45. The molecule has 2 aromatic carbocycles. The smallest absolute Gasteiger partial charge is 0.233 e. The highest BCUT2D eigenvalue weighted by Gasteiger charge is 2.31. The fraction of sp³-hybridized carbons (Fsp3) is 0.188. The van der Waals surface area contributed by atoms with E-state index in [1.54, 1.807) is 11.8 Å². The topological polar surface area (TPSA) is 29.1 Å². The summed E-state index contributed by atoms with van der Waals surface area (Å²) in [6.45, 7) is 2.12. The molecule has 0 aromatic heterocycles. The Bertz CT molecular complexity index is 597. The lowest BCUT2D eigenvalue weighted by Crippen LogP contribution is -2.25. The molecule has 0 fully saturated rings. The van der Waals surface area contributed by atoms with E-state index < -0.39 is 0 Å². The summed E-state index contributed by atoms with van der Waals surface area (Å²) in [7, 11) is 0. The molecule has 1 aliphatic rings. The maximum atomic E-state index is 12.5. The molecule has 2 atom stereocenters. The number of fused-ring (bicyclic) bond motifs is 1. The Morgan fingerprint density at radius 1 is 1.00 bits per heavy atom. The number of benzene rings is 2. The second kappa shape index (κ2) is 5.10. The number of amides is 1. The quantitative estimate of drug-likeness (QED) is 0.850. The van der Waals surface area contributed by atoms with Gasteiger partial charge in [-0.05, 0) is 17.7 Å². The third-order valence-electron chi connectivity index (χ3n) is 3.37. The van der Waals surface area contributed by atoms with E-state index in [0.717, 1.165) is 16.1 Å². The molecule has 0 radical (unpaired) electrons. The lowest BCUT2D eigenvalue weighted by molar-refractivity contribution is -0.117. The molecule has 0 bridgehead atoms. The van der Waals surface area contributed by atoms with Crippen LogP contribution in [0, 0.1) is 0 Å². The number of rotatable bonds is 1. The van der Waals surface area contributed by atoms with Gasteiger partial charge in [0.25, 0.3) is 0 Å². The van der Waals surface area contributed by atoms with Crippen molar-refractivity contribution in [3.8, 4) is 0 Å². The van der Waals surface area contributed by atoms with Crippen LogP contribution in [0.25, 0.3) is 0 Å². The Morgan fingerprint density at radius 3 is 2.47 bits per heavy atom. The minimum absolute atomic E-state index is 0.0798. The largest absolute Gasteiger partial charge is 0.325 e. The van der Waals surface area contributed by atoms with Gasteiger partial charge in [0.05, 0.1) is 11.6 Å². The molecule has 19 heavy (non-hydrogen) atoms. The van der Waals surface area contributed by atoms with E-state index in [9.17, 15) is 4.79 Å². The van der Waals surface area contributed by atoms with Crippen molar-refractivity contribution in [3.63, 3.8) is 0 Å². The average Bonchev–Trinajstić information content (AvgIpc) is 2.54. The summed E-state index contributed by atoms with van der Waals surface area (Å²) in [5.41, 5.74) is 2.00. The van der Waals surface area contributed by atoms with Crippen LogP contribution in [0.4, 0.5) is 5.69 Å². The molecule has 1 aliphatic heterocycles. The first-order valence-corrected chi connectivity index (χ1v) is 7.25. The number of thioether (sulfide) groups is 1. The number of hydrogen-bond acceptors (Lipinski definition) is 2. The first kappa shape index (κ1) is 12.3. The minimum atomic E-state index is -0.112. The summed E-state index contributed by atoms with van der Waals surface area (Å²) in [6, 6.07) is 18.0. The number of para-hydroxylation sites is 1. The third kappa shape index (κ3) is 2.38. The number of carbonyl (C=O) groups is 1. The van der Waals surface area contributed by atoms with Crippen molar-refractivity contribution in [1.29, 1.82) is 0 Å². The zero-order chi connectivity index (χ0) is 13.2. The summed E-state index contributed by atoms with van der Waals surface area (Å²) < 4.78 is 0.